The van der Waals surface area contributed by atoms with Gasteiger partial charge >= 0.3 is 12.0 Å². The zero-order valence-electron chi connectivity index (χ0n) is 12.6. The van der Waals surface area contributed by atoms with Crippen molar-refractivity contribution in [3.8, 4) is 5.75 Å². The fourth-order valence-electron chi connectivity index (χ4n) is 1.66. The Bertz CT molecular complexity index is 616. The van der Waals surface area contributed by atoms with Gasteiger partial charge < -0.3 is 14.8 Å². The van der Waals surface area contributed by atoms with Gasteiger partial charge in [-0.2, -0.15) is 0 Å². The summed E-state index contributed by atoms with van der Waals surface area (Å²) in [6.45, 7) is 0.922. The third kappa shape index (κ3) is 6.15. The van der Waals surface area contributed by atoms with Crippen LogP contribution in [0.2, 0.25) is 5.02 Å². The van der Waals surface area contributed by atoms with Gasteiger partial charge in [-0.1, -0.05) is 17.7 Å². The first-order valence-electron chi connectivity index (χ1n) is 7.09. The highest BCUT2D eigenvalue weighted by molar-refractivity contribution is 6.32. The van der Waals surface area contributed by atoms with E-state index in [1.54, 1.807) is 12.1 Å². The second-order valence-corrected chi connectivity index (χ2v) is 5.59. The Labute approximate surface area is 138 Å². The molecule has 0 heterocycles. The molecule has 7 nitrogen and oxygen atoms in total. The smallest absolute Gasteiger partial charge is 0.344 e. The Morgan fingerprint density at radius 1 is 1.26 bits per heavy atom. The molecule has 1 aliphatic carbocycles. The molecule has 23 heavy (non-hydrogen) atoms. The fraction of sp³-hybridized carbons (Fsp3) is 0.400. The lowest BCUT2D eigenvalue weighted by Gasteiger charge is -2.09. The van der Waals surface area contributed by atoms with Crippen molar-refractivity contribution in [2.45, 2.75) is 25.8 Å². The van der Waals surface area contributed by atoms with Gasteiger partial charge in [-0.05, 0) is 37.5 Å². The van der Waals surface area contributed by atoms with E-state index < -0.39 is 24.5 Å². The van der Waals surface area contributed by atoms with Gasteiger partial charge in [0.2, 0.25) is 0 Å². The van der Waals surface area contributed by atoms with E-state index in [-0.39, 0.29) is 12.6 Å². The lowest BCUT2D eigenvalue weighted by Crippen LogP contribution is -2.42. The van der Waals surface area contributed by atoms with Crippen molar-refractivity contribution >= 4 is 29.5 Å². The number of esters is 1. The minimum absolute atomic E-state index is 0.137. The molecule has 0 saturated heterocycles. The zero-order chi connectivity index (χ0) is 16.8. The van der Waals surface area contributed by atoms with E-state index in [2.05, 4.69) is 10.6 Å². The van der Waals surface area contributed by atoms with Crippen molar-refractivity contribution in [1.82, 2.24) is 10.6 Å². The third-order valence-corrected chi connectivity index (χ3v) is 3.27. The van der Waals surface area contributed by atoms with E-state index in [0.29, 0.717) is 10.8 Å². The first-order chi connectivity index (χ1) is 10.9. The molecule has 1 aromatic carbocycles. The third-order valence-electron chi connectivity index (χ3n) is 2.96. The number of imide groups is 1. The van der Waals surface area contributed by atoms with Crippen LogP contribution in [0.3, 0.4) is 0 Å². The largest absolute Gasteiger partial charge is 0.480 e. The van der Waals surface area contributed by atoms with Crippen LogP contribution < -0.4 is 15.4 Å². The van der Waals surface area contributed by atoms with Gasteiger partial charge in [0, 0.05) is 6.04 Å². The summed E-state index contributed by atoms with van der Waals surface area (Å²) in [4.78, 5) is 34.2. The molecular weight excluding hydrogens is 324 g/mol. The average molecular weight is 341 g/mol. The van der Waals surface area contributed by atoms with E-state index in [4.69, 9.17) is 21.1 Å². The first-order valence-corrected chi connectivity index (χ1v) is 7.47. The normalized spacial score (nSPS) is 13.1. The second-order valence-electron chi connectivity index (χ2n) is 5.18. The number of aryl methyl sites for hydroxylation is 1. The Hall–Kier alpha value is -2.28. The standard InChI is InChI=1S/C15H17ClN2O5/c1-9-2-5-11(16)12(6-9)22-8-14(20)23-7-13(19)18-15(21)17-10-3-4-10/h2,5-6,10H,3-4,7-8H2,1H3,(H2,17,18,19,21). The van der Waals surface area contributed by atoms with E-state index in [1.807, 2.05) is 13.0 Å². The minimum Gasteiger partial charge on any atom is -0.480 e. The number of urea groups is 1. The predicted octanol–water partition coefficient (Wildman–Crippen LogP) is 1.56. The SMILES string of the molecule is Cc1ccc(Cl)c(OCC(=O)OCC(=O)NC(=O)NC2CC2)c1. The molecule has 1 fully saturated rings. The van der Waals surface area contributed by atoms with Gasteiger partial charge in [-0.3, -0.25) is 10.1 Å². The lowest BCUT2D eigenvalue weighted by atomic mass is 10.2. The van der Waals surface area contributed by atoms with Gasteiger partial charge in [0.15, 0.2) is 13.2 Å². The maximum absolute atomic E-state index is 11.5. The molecule has 0 bridgehead atoms. The highest BCUT2D eigenvalue weighted by Crippen LogP contribution is 2.25. The van der Waals surface area contributed by atoms with Crippen LogP contribution in [0, 0.1) is 6.92 Å². The Kier molecular flexibility index (Phi) is 5.81. The quantitative estimate of drug-likeness (QED) is 0.766. The predicted molar refractivity (Wildman–Crippen MR) is 82.3 cm³/mol. The molecular formula is C15H17ClN2O5. The fourth-order valence-corrected chi connectivity index (χ4v) is 1.83. The summed E-state index contributed by atoms with van der Waals surface area (Å²) in [5.74, 6) is -1.08. The highest BCUT2D eigenvalue weighted by Gasteiger charge is 2.24. The summed E-state index contributed by atoms with van der Waals surface area (Å²) in [6, 6.07) is 4.70. The molecule has 0 unspecified atom stereocenters. The molecule has 2 rings (SSSR count). The van der Waals surface area contributed by atoms with Gasteiger partial charge in [0.1, 0.15) is 5.75 Å². The summed E-state index contributed by atoms with van der Waals surface area (Å²) >= 11 is 5.93. The van der Waals surface area contributed by atoms with Crippen LogP contribution in [0.5, 0.6) is 5.75 Å². The van der Waals surface area contributed by atoms with Crippen LogP contribution in [0.15, 0.2) is 18.2 Å². The molecule has 1 aromatic rings. The molecule has 0 spiro atoms. The zero-order valence-corrected chi connectivity index (χ0v) is 13.3. The van der Waals surface area contributed by atoms with Crippen LogP contribution in [0.4, 0.5) is 4.79 Å². The van der Waals surface area contributed by atoms with Crippen LogP contribution in [-0.2, 0) is 14.3 Å². The first kappa shape index (κ1) is 17.1. The number of hydrogen-bond acceptors (Lipinski definition) is 5. The van der Waals surface area contributed by atoms with Crippen molar-refractivity contribution in [1.29, 1.82) is 0 Å². The van der Waals surface area contributed by atoms with Crippen molar-refractivity contribution in [2.75, 3.05) is 13.2 Å². The number of carbonyl (C=O) groups excluding carboxylic acids is 3. The van der Waals surface area contributed by atoms with Gasteiger partial charge in [0.05, 0.1) is 5.02 Å². The van der Waals surface area contributed by atoms with E-state index in [0.717, 1.165) is 18.4 Å². The van der Waals surface area contributed by atoms with Crippen LogP contribution in [0.1, 0.15) is 18.4 Å². The Morgan fingerprint density at radius 2 is 2.00 bits per heavy atom. The van der Waals surface area contributed by atoms with Crippen molar-refractivity contribution in [3.63, 3.8) is 0 Å². The van der Waals surface area contributed by atoms with Crippen molar-refractivity contribution < 1.29 is 23.9 Å². The molecule has 0 aliphatic heterocycles. The highest BCUT2D eigenvalue weighted by atomic mass is 35.5. The summed E-state index contributed by atoms with van der Waals surface area (Å²) in [6.07, 6.45) is 1.82. The summed E-state index contributed by atoms with van der Waals surface area (Å²) in [5, 5.41) is 5.02. The maximum Gasteiger partial charge on any atom is 0.344 e. The number of benzene rings is 1. The Morgan fingerprint density at radius 3 is 2.70 bits per heavy atom. The van der Waals surface area contributed by atoms with Crippen molar-refractivity contribution in [3.05, 3.63) is 28.8 Å². The van der Waals surface area contributed by atoms with Gasteiger partial charge in [-0.15, -0.1) is 0 Å². The summed E-state index contributed by atoms with van der Waals surface area (Å²) in [5.41, 5.74) is 0.929. The summed E-state index contributed by atoms with van der Waals surface area (Å²) in [7, 11) is 0. The molecule has 3 amide bonds. The second kappa shape index (κ2) is 7.82. The summed E-state index contributed by atoms with van der Waals surface area (Å²) < 4.78 is 9.95. The van der Waals surface area contributed by atoms with Crippen LogP contribution in [0.25, 0.3) is 0 Å². The number of hydrogen-bond donors (Lipinski definition) is 2. The number of nitrogens with one attached hydrogen (secondary N) is 2. The molecule has 1 aliphatic rings. The average Bonchev–Trinajstić information content (AvgIpc) is 3.29. The number of carbonyl (C=O) groups is 3. The topological polar surface area (TPSA) is 93.7 Å². The molecule has 1 saturated carbocycles. The van der Waals surface area contributed by atoms with E-state index in [9.17, 15) is 14.4 Å². The number of halogens is 1. The molecule has 2 N–H and O–H groups in total. The molecule has 8 heteroatoms. The number of ether oxygens (including phenoxy) is 2. The van der Waals surface area contributed by atoms with Gasteiger partial charge in [-0.25, -0.2) is 9.59 Å². The number of rotatable bonds is 6. The maximum atomic E-state index is 11.5. The van der Waals surface area contributed by atoms with Gasteiger partial charge in [0.25, 0.3) is 5.91 Å². The molecule has 0 radical (unpaired) electrons. The molecule has 0 atom stereocenters. The monoisotopic (exact) mass is 340 g/mol. The molecule has 0 aromatic heterocycles. The molecule has 124 valence electrons. The Balaban J connectivity index is 1.67. The van der Waals surface area contributed by atoms with Crippen LogP contribution >= 0.6 is 11.6 Å². The van der Waals surface area contributed by atoms with E-state index >= 15 is 0 Å². The lowest BCUT2D eigenvalue weighted by molar-refractivity contribution is -0.150. The van der Waals surface area contributed by atoms with Crippen LogP contribution in [-0.4, -0.2) is 37.2 Å². The minimum atomic E-state index is -0.736. The van der Waals surface area contributed by atoms with Crippen molar-refractivity contribution in [2.24, 2.45) is 0 Å². The number of amides is 3. The van der Waals surface area contributed by atoms with E-state index in [1.165, 1.54) is 0 Å².